The summed E-state index contributed by atoms with van der Waals surface area (Å²) in [7, 11) is 3.18. The lowest BCUT2D eigenvalue weighted by Crippen LogP contribution is -2.11. The van der Waals surface area contributed by atoms with Crippen LogP contribution in [0.1, 0.15) is 29.7 Å². The molecular weight excluding hydrogens is 216 g/mol. The minimum Gasteiger partial charge on any atom is -0.499 e. The van der Waals surface area contributed by atoms with E-state index in [1.165, 1.54) is 0 Å². The van der Waals surface area contributed by atoms with Crippen LogP contribution in [0.5, 0.6) is 0 Å². The van der Waals surface area contributed by atoms with E-state index in [1.54, 1.807) is 14.2 Å². The maximum Gasteiger partial charge on any atom is 0.139 e. The Bertz CT molecular complexity index is 363. The summed E-state index contributed by atoms with van der Waals surface area (Å²) >= 11 is 0. The van der Waals surface area contributed by atoms with Crippen LogP contribution in [0.3, 0.4) is 0 Å². The average molecular weight is 236 g/mol. The van der Waals surface area contributed by atoms with Crippen LogP contribution in [0.2, 0.25) is 0 Å². The molecule has 3 nitrogen and oxygen atoms in total. The molecule has 1 aromatic rings. The van der Waals surface area contributed by atoms with E-state index in [-0.39, 0.29) is 12.7 Å². The molecule has 0 amide bonds. The third-order valence-electron chi connectivity index (χ3n) is 2.89. The van der Waals surface area contributed by atoms with Gasteiger partial charge in [-0.2, -0.15) is 0 Å². The molecule has 0 aromatic heterocycles. The molecule has 0 aliphatic heterocycles. The van der Waals surface area contributed by atoms with Crippen molar-refractivity contribution in [3.05, 3.63) is 47.2 Å². The van der Waals surface area contributed by atoms with Gasteiger partial charge in [0.1, 0.15) is 11.9 Å². The predicted molar refractivity (Wildman–Crippen MR) is 67.6 cm³/mol. The highest BCUT2D eigenvalue weighted by Crippen LogP contribution is 2.31. The van der Waals surface area contributed by atoms with E-state index < -0.39 is 0 Å². The lowest BCUT2D eigenvalue weighted by atomic mass is 9.94. The van der Waals surface area contributed by atoms with Crippen LogP contribution in [0.4, 0.5) is 0 Å². The van der Waals surface area contributed by atoms with E-state index in [2.05, 4.69) is 13.5 Å². The molecule has 3 heteroatoms. The Morgan fingerprint density at radius 2 is 2.00 bits per heavy atom. The number of aryl methyl sites for hydroxylation is 1. The molecule has 0 radical (unpaired) electrons. The quantitative estimate of drug-likeness (QED) is 0.772. The molecule has 0 spiro atoms. The van der Waals surface area contributed by atoms with Crippen LogP contribution in [-0.2, 0) is 22.5 Å². The molecule has 0 aliphatic rings. The molecule has 0 bridgehead atoms. The fraction of sp³-hybridized carbons (Fsp3) is 0.429. The molecule has 1 aromatic carbocycles. The zero-order valence-electron chi connectivity index (χ0n) is 10.7. The highest BCUT2D eigenvalue weighted by atomic mass is 16.5. The Morgan fingerprint density at radius 3 is 2.47 bits per heavy atom. The second kappa shape index (κ2) is 6.42. The second-order valence-corrected chi connectivity index (χ2v) is 3.79. The van der Waals surface area contributed by atoms with Crippen molar-refractivity contribution in [1.82, 2.24) is 0 Å². The Balaban J connectivity index is 3.29. The van der Waals surface area contributed by atoms with Gasteiger partial charge < -0.3 is 14.6 Å². The Kier molecular flexibility index (Phi) is 5.19. The molecule has 0 fully saturated rings. The van der Waals surface area contributed by atoms with Gasteiger partial charge in [-0.1, -0.05) is 31.7 Å². The first-order valence-corrected chi connectivity index (χ1v) is 5.66. The molecule has 0 saturated heterocycles. The number of rotatable bonds is 6. The summed E-state index contributed by atoms with van der Waals surface area (Å²) in [6.07, 6.45) is 0.540. The van der Waals surface area contributed by atoms with Gasteiger partial charge in [0, 0.05) is 7.11 Å². The van der Waals surface area contributed by atoms with Crippen LogP contribution in [0, 0.1) is 0 Å². The monoisotopic (exact) mass is 236 g/mol. The smallest absolute Gasteiger partial charge is 0.139 e. The third kappa shape index (κ3) is 2.87. The summed E-state index contributed by atoms with van der Waals surface area (Å²) in [4.78, 5) is 0. The standard InChI is InChI=1S/C14H20O3/c1-5-11-7-6-8-12(9-15)13(11)14(17-4)10(2)16-3/h6-8,14-15H,2,5,9H2,1,3-4H3. The van der Waals surface area contributed by atoms with E-state index in [0.29, 0.717) is 5.76 Å². The van der Waals surface area contributed by atoms with Gasteiger partial charge in [0.05, 0.1) is 13.7 Å². The van der Waals surface area contributed by atoms with Crippen LogP contribution >= 0.6 is 0 Å². The van der Waals surface area contributed by atoms with Crippen molar-refractivity contribution in [3.63, 3.8) is 0 Å². The maximum atomic E-state index is 9.41. The average Bonchev–Trinajstić information content (AvgIpc) is 2.39. The zero-order valence-corrected chi connectivity index (χ0v) is 10.7. The van der Waals surface area contributed by atoms with Crippen molar-refractivity contribution < 1.29 is 14.6 Å². The van der Waals surface area contributed by atoms with Gasteiger partial charge in [-0.25, -0.2) is 0 Å². The first-order chi connectivity index (χ1) is 8.19. The van der Waals surface area contributed by atoms with Gasteiger partial charge in [-0.3, -0.25) is 0 Å². The molecule has 1 N–H and O–H groups in total. The Hall–Kier alpha value is -1.32. The first kappa shape index (κ1) is 13.7. The van der Waals surface area contributed by atoms with Crippen molar-refractivity contribution in [3.8, 4) is 0 Å². The first-order valence-electron chi connectivity index (χ1n) is 5.66. The predicted octanol–water partition coefficient (Wildman–Crippen LogP) is 2.59. The molecule has 0 saturated carbocycles. The maximum absolute atomic E-state index is 9.41. The fourth-order valence-corrected chi connectivity index (χ4v) is 1.97. The molecule has 0 aliphatic carbocycles. The largest absolute Gasteiger partial charge is 0.499 e. The number of hydrogen-bond donors (Lipinski definition) is 1. The highest BCUT2D eigenvalue weighted by Gasteiger charge is 2.21. The van der Waals surface area contributed by atoms with Gasteiger partial charge in [0.15, 0.2) is 0 Å². The lowest BCUT2D eigenvalue weighted by molar-refractivity contribution is 0.0775. The van der Waals surface area contributed by atoms with Gasteiger partial charge in [-0.15, -0.1) is 0 Å². The van der Waals surface area contributed by atoms with E-state index in [1.807, 2.05) is 18.2 Å². The molecular formula is C14H20O3. The summed E-state index contributed by atoms with van der Waals surface area (Å²) in [6.45, 7) is 5.90. The summed E-state index contributed by atoms with van der Waals surface area (Å²) in [5.74, 6) is 0.545. The van der Waals surface area contributed by atoms with Crippen LogP contribution in [-0.4, -0.2) is 19.3 Å². The minimum absolute atomic E-state index is 0.0139. The fourth-order valence-electron chi connectivity index (χ4n) is 1.97. The van der Waals surface area contributed by atoms with E-state index >= 15 is 0 Å². The van der Waals surface area contributed by atoms with Crippen LogP contribution in [0.15, 0.2) is 30.5 Å². The van der Waals surface area contributed by atoms with Gasteiger partial charge >= 0.3 is 0 Å². The highest BCUT2D eigenvalue weighted by molar-refractivity contribution is 5.39. The Labute approximate surface area is 103 Å². The number of hydrogen-bond acceptors (Lipinski definition) is 3. The van der Waals surface area contributed by atoms with E-state index in [4.69, 9.17) is 9.47 Å². The van der Waals surface area contributed by atoms with Crippen molar-refractivity contribution in [2.24, 2.45) is 0 Å². The Morgan fingerprint density at radius 1 is 1.35 bits per heavy atom. The molecule has 94 valence electrons. The summed E-state index contributed by atoms with van der Waals surface area (Å²) in [6, 6.07) is 5.86. The minimum atomic E-state index is -0.335. The molecule has 17 heavy (non-hydrogen) atoms. The van der Waals surface area contributed by atoms with Crippen LogP contribution < -0.4 is 0 Å². The molecule has 1 atom stereocenters. The van der Waals surface area contributed by atoms with E-state index in [9.17, 15) is 5.11 Å². The summed E-state index contributed by atoms with van der Waals surface area (Å²) < 4.78 is 10.6. The summed E-state index contributed by atoms with van der Waals surface area (Å²) in [5, 5.41) is 9.41. The molecule has 1 unspecified atom stereocenters. The lowest BCUT2D eigenvalue weighted by Gasteiger charge is -2.22. The van der Waals surface area contributed by atoms with Crippen molar-refractivity contribution >= 4 is 0 Å². The van der Waals surface area contributed by atoms with Gasteiger partial charge in [-0.05, 0) is 23.1 Å². The number of benzene rings is 1. The van der Waals surface area contributed by atoms with Crippen molar-refractivity contribution in [2.45, 2.75) is 26.1 Å². The van der Waals surface area contributed by atoms with Gasteiger partial charge in [0.2, 0.25) is 0 Å². The second-order valence-electron chi connectivity index (χ2n) is 3.79. The normalized spacial score (nSPS) is 12.2. The van der Waals surface area contributed by atoms with Gasteiger partial charge in [0.25, 0.3) is 0 Å². The third-order valence-corrected chi connectivity index (χ3v) is 2.89. The topological polar surface area (TPSA) is 38.7 Å². The van der Waals surface area contributed by atoms with Crippen molar-refractivity contribution in [2.75, 3.05) is 14.2 Å². The SMILES string of the molecule is C=C(OC)C(OC)c1c(CC)cccc1CO. The van der Waals surface area contributed by atoms with Crippen molar-refractivity contribution in [1.29, 1.82) is 0 Å². The van der Waals surface area contributed by atoms with Crippen LogP contribution in [0.25, 0.3) is 0 Å². The number of ether oxygens (including phenoxy) is 2. The molecule has 0 heterocycles. The number of methoxy groups -OCH3 is 2. The number of aliphatic hydroxyl groups is 1. The summed E-state index contributed by atoms with van der Waals surface area (Å²) in [5.41, 5.74) is 2.96. The number of aliphatic hydroxyl groups excluding tert-OH is 1. The van der Waals surface area contributed by atoms with E-state index in [0.717, 1.165) is 23.1 Å². The molecule has 1 rings (SSSR count). The zero-order chi connectivity index (χ0) is 12.8.